The zero-order valence-electron chi connectivity index (χ0n) is 5.58. The molecule has 0 aliphatic carbocycles. The van der Waals surface area contributed by atoms with Crippen LogP contribution in [0, 0.1) is 5.41 Å². The molecule has 0 aliphatic rings. The molecule has 0 spiro atoms. The third kappa shape index (κ3) is 44.5. The summed E-state index contributed by atoms with van der Waals surface area (Å²) in [5, 5.41) is 28.4. The molecular weight excluding hydrogens is 250 g/mol. The second-order valence-electron chi connectivity index (χ2n) is 1.19. The number of nitrogens with two attached hydrogens (primary N) is 1. The molecule has 0 aromatic heterocycles. The monoisotopic (exact) mass is 258 g/mol. The largest absolute Gasteiger partial charge is 0.481 e. The van der Waals surface area contributed by atoms with Crippen LogP contribution < -0.4 is 5.73 Å². The first-order valence-corrected chi connectivity index (χ1v) is 2.09. The van der Waals surface area contributed by atoms with E-state index < -0.39 is 17.2 Å². The Morgan fingerprint density at radius 2 is 1.64 bits per heavy atom. The van der Waals surface area contributed by atoms with Gasteiger partial charge >= 0.3 is 0 Å². The van der Waals surface area contributed by atoms with Crippen LogP contribution >= 0.6 is 0 Å². The van der Waals surface area contributed by atoms with Gasteiger partial charge in [-0.05, 0) is 0 Å². The van der Waals surface area contributed by atoms with Crippen LogP contribution in [-0.2, 0) is 27.2 Å². The van der Waals surface area contributed by atoms with Gasteiger partial charge in [-0.2, -0.15) is 0 Å². The number of carboxylic acids is 1. The van der Waals surface area contributed by atoms with Crippen LogP contribution in [0.2, 0.25) is 0 Å². The summed E-state index contributed by atoms with van der Waals surface area (Å²) >= 11 is 0. The van der Waals surface area contributed by atoms with Crippen molar-refractivity contribution in [1.29, 1.82) is 5.41 Å². The topological polar surface area (TPSA) is 131 Å². The van der Waals surface area contributed by atoms with Crippen LogP contribution in [0.1, 0.15) is 6.92 Å². The molecule has 0 rings (SSSR count). The minimum atomic E-state index is -0.833. The van der Waals surface area contributed by atoms with Crippen molar-refractivity contribution >= 4 is 11.9 Å². The van der Waals surface area contributed by atoms with E-state index in [0.29, 0.717) is 0 Å². The van der Waals surface area contributed by atoms with E-state index in [-0.39, 0.29) is 22.4 Å². The Hall–Kier alpha value is -0.600. The summed E-state index contributed by atoms with van der Waals surface area (Å²) in [5.41, 5.74) is 4.44. The first-order chi connectivity index (χ1) is 4.37. The van der Waals surface area contributed by atoms with E-state index in [4.69, 9.17) is 25.7 Å². The van der Waals surface area contributed by atoms with Gasteiger partial charge in [0.15, 0.2) is 0 Å². The average molecular weight is 259 g/mol. The van der Waals surface area contributed by atoms with Crippen molar-refractivity contribution in [2.75, 3.05) is 0 Å². The number of hydrogen-bond acceptors (Lipinski definition) is 4. The summed E-state index contributed by atoms with van der Waals surface area (Å²) in [6.07, 6.45) is 0. The van der Waals surface area contributed by atoms with E-state index >= 15 is 0 Å². The summed E-state index contributed by atoms with van der Waals surface area (Å²) in [6, 6.07) is 0. The fourth-order valence-electron chi connectivity index (χ4n) is 0. The van der Waals surface area contributed by atoms with Crippen molar-refractivity contribution in [3.8, 4) is 0 Å². The summed E-state index contributed by atoms with van der Waals surface area (Å²) in [5.74, 6) is -1.63. The van der Waals surface area contributed by atoms with Crippen molar-refractivity contribution in [3.05, 3.63) is 0 Å². The van der Waals surface area contributed by atoms with Crippen molar-refractivity contribution < 1.29 is 42.7 Å². The summed E-state index contributed by atoms with van der Waals surface area (Å²) in [6.45, 7) is 1.08. The normalized spacial score (nSPS) is 6.45. The standard InChI is InChI=1S/C2H4O2.CH5N3O2.Ag/c1-2(3)4;2-1(3)4(5)6;/h1H3,(H,3,4);5-6H,(H3,2,3);. The van der Waals surface area contributed by atoms with E-state index in [1.165, 1.54) is 0 Å². The van der Waals surface area contributed by atoms with E-state index in [0.717, 1.165) is 6.92 Å². The van der Waals surface area contributed by atoms with Gasteiger partial charge in [-0.1, -0.05) is 5.23 Å². The van der Waals surface area contributed by atoms with Gasteiger partial charge in [0, 0.05) is 29.3 Å². The molecule has 0 aromatic rings. The van der Waals surface area contributed by atoms with E-state index in [1.54, 1.807) is 0 Å². The maximum absolute atomic E-state index is 9.00. The molecule has 0 unspecified atom stereocenters. The van der Waals surface area contributed by atoms with Gasteiger partial charge < -0.3 is 10.8 Å². The molecule has 7 nitrogen and oxygen atoms in total. The Bertz CT molecular complexity index is 124. The summed E-state index contributed by atoms with van der Waals surface area (Å²) < 4.78 is 0. The SMILES string of the molecule is CC(=O)O.N=C(N)N(O)O.[Ag]. The van der Waals surface area contributed by atoms with E-state index in [9.17, 15) is 0 Å². The molecule has 11 heavy (non-hydrogen) atoms. The number of nitrogens with zero attached hydrogens (tertiary/aromatic N) is 1. The molecule has 0 saturated carbocycles. The number of guanidine groups is 1. The minimum absolute atomic E-state index is 0. The Kier molecular flexibility index (Phi) is 14.3. The van der Waals surface area contributed by atoms with Crippen LogP contribution in [0.25, 0.3) is 0 Å². The second-order valence-corrected chi connectivity index (χ2v) is 1.19. The molecule has 1 radical (unpaired) electrons. The van der Waals surface area contributed by atoms with Gasteiger partial charge in [0.2, 0.25) is 5.96 Å². The van der Waals surface area contributed by atoms with Crippen LogP contribution in [0.4, 0.5) is 0 Å². The average Bonchev–Trinajstić information content (AvgIpc) is 1.63. The maximum Gasteiger partial charge on any atom is 0.300 e. The van der Waals surface area contributed by atoms with Crippen LogP contribution in [0.15, 0.2) is 0 Å². The molecule has 0 fully saturated rings. The third-order valence-electron chi connectivity index (χ3n) is 0.215. The Morgan fingerprint density at radius 3 is 1.64 bits per heavy atom. The molecule has 0 saturated heterocycles. The molecule has 0 heterocycles. The second kappa shape index (κ2) is 9.40. The Balaban J connectivity index is -0.000000114. The van der Waals surface area contributed by atoms with Crippen molar-refractivity contribution in [2.45, 2.75) is 6.92 Å². The number of carboxylic acid groups (broad SMARTS) is 1. The molecule has 0 bridgehead atoms. The molecular formula is C3H9AgN3O4. The zero-order valence-corrected chi connectivity index (χ0v) is 7.06. The van der Waals surface area contributed by atoms with Crippen LogP contribution in [-0.4, -0.2) is 32.7 Å². The quantitative estimate of drug-likeness (QED) is 0.165. The van der Waals surface area contributed by atoms with Gasteiger partial charge in [-0.3, -0.25) is 20.6 Å². The predicted octanol–water partition coefficient (Wildman–Crippen LogP) is -0.951. The summed E-state index contributed by atoms with van der Waals surface area (Å²) in [7, 11) is 0. The van der Waals surface area contributed by atoms with Gasteiger partial charge in [0.1, 0.15) is 0 Å². The fraction of sp³-hybridized carbons (Fsp3) is 0.333. The molecule has 0 aliphatic heterocycles. The molecule has 6 N–H and O–H groups in total. The van der Waals surface area contributed by atoms with Gasteiger partial charge in [-0.15, -0.1) is 0 Å². The smallest absolute Gasteiger partial charge is 0.300 e. The molecule has 0 aromatic carbocycles. The predicted molar refractivity (Wildman–Crippen MR) is 30.6 cm³/mol. The van der Waals surface area contributed by atoms with E-state index in [2.05, 4.69) is 5.73 Å². The fourth-order valence-corrected chi connectivity index (χ4v) is 0. The molecule has 0 amide bonds. The zero-order chi connectivity index (χ0) is 8.73. The molecule has 71 valence electrons. The van der Waals surface area contributed by atoms with Gasteiger partial charge in [0.25, 0.3) is 5.97 Å². The first kappa shape index (κ1) is 16.8. The van der Waals surface area contributed by atoms with Crippen molar-refractivity contribution in [2.24, 2.45) is 5.73 Å². The van der Waals surface area contributed by atoms with Crippen molar-refractivity contribution in [1.82, 2.24) is 5.23 Å². The molecule has 8 heteroatoms. The number of rotatable bonds is 0. The van der Waals surface area contributed by atoms with Crippen LogP contribution in [0.5, 0.6) is 0 Å². The number of carbonyl (C=O) groups is 1. The Labute approximate surface area is 78.3 Å². The summed E-state index contributed by atoms with van der Waals surface area (Å²) in [4.78, 5) is 9.00. The van der Waals surface area contributed by atoms with Gasteiger partial charge in [-0.25, -0.2) is 0 Å². The minimum Gasteiger partial charge on any atom is -0.481 e. The van der Waals surface area contributed by atoms with Crippen LogP contribution in [0.3, 0.4) is 0 Å². The number of aliphatic carboxylic acids is 1. The number of hydrogen-bond donors (Lipinski definition) is 5. The first-order valence-electron chi connectivity index (χ1n) is 2.09. The third-order valence-corrected chi connectivity index (χ3v) is 0.215. The van der Waals surface area contributed by atoms with Gasteiger partial charge in [0.05, 0.1) is 0 Å². The number of hydroxylamine groups is 2. The molecule has 0 atom stereocenters. The maximum atomic E-state index is 9.00. The van der Waals surface area contributed by atoms with E-state index in [1.807, 2.05) is 0 Å². The van der Waals surface area contributed by atoms with Crippen molar-refractivity contribution in [3.63, 3.8) is 0 Å². The number of nitrogens with one attached hydrogen (secondary N) is 1. The Morgan fingerprint density at radius 1 is 1.55 bits per heavy atom.